The van der Waals surface area contributed by atoms with Crippen molar-refractivity contribution in [2.45, 2.75) is 122 Å². The zero-order chi connectivity index (χ0) is 35.4. The Labute approximate surface area is 288 Å². The molecule has 274 valence electrons. The molecule has 3 aliphatic heterocycles. The minimum atomic E-state index is -1.46. The minimum absolute atomic E-state index is 0.0959. The molecule has 3 heterocycles. The van der Waals surface area contributed by atoms with Gasteiger partial charge >= 0.3 is 12.1 Å². The lowest BCUT2D eigenvalue weighted by atomic mass is 9.88. The second kappa shape index (κ2) is 19.2. The number of amides is 1. The summed E-state index contributed by atoms with van der Waals surface area (Å²) in [5, 5.41) is 34.9. The zero-order valence-corrected chi connectivity index (χ0v) is 30.3. The number of hydrogen-bond donors (Lipinski definition) is 4. The molecule has 10 unspecified atom stereocenters. The first kappa shape index (κ1) is 40.2. The van der Waals surface area contributed by atoms with Gasteiger partial charge in [-0.3, -0.25) is 4.79 Å². The monoisotopic (exact) mass is 677 g/mol. The van der Waals surface area contributed by atoms with Gasteiger partial charge in [0.15, 0.2) is 6.10 Å². The minimum Gasteiger partial charge on any atom is -0.457 e. The van der Waals surface area contributed by atoms with Crippen LogP contribution in [-0.2, 0) is 19.0 Å². The van der Waals surface area contributed by atoms with Crippen LogP contribution in [0.3, 0.4) is 0 Å². The van der Waals surface area contributed by atoms with Gasteiger partial charge in [-0.15, -0.1) is 0 Å². The maximum absolute atomic E-state index is 12.8. The average Bonchev–Trinajstić information content (AvgIpc) is 3.80. The maximum Gasteiger partial charge on any atom is 0.407 e. The van der Waals surface area contributed by atoms with Crippen molar-refractivity contribution in [1.29, 1.82) is 0 Å². The Morgan fingerprint density at radius 1 is 1.23 bits per heavy atom. The molecule has 1 amide bonds. The Hall–Kier alpha value is -2.28. The third-order valence-electron chi connectivity index (χ3n) is 10.1. The molecule has 11 nitrogen and oxygen atoms in total. The Bertz CT molecular complexity index is 1100. The highest BCUT2D eigenvalue weighted by atomic mass is 16.6. The summed E-state index contributed by atoms with van der Waals surface area (Å²) in [4.78, 5) is 30.3. The van der Waals surface area contributed by atoms with E-state index < -0.39 is 36.0 Å². The van der Waals surface area contributed by atoms with Crippen LogP contribution >= 0.6 is 0 Å². The number of allylic oxidation sites excluding steroid dienone is 3. The summed E-state index contributed by atoms with van der Waals surface area (Å²) in [6.45, 7) is 17.0. The maximum atomic E-state index is 12.8. The van der Waals surface area contributed by atoms with E-state index in [0.717, 1.165) is 51.1 Å². The van der Waals surface area contributed by atoms with E-state index in [1.807, 2.05) is 45.9 Å². The van der Waals surface area contributed by atoms with Crippen molar-refractivity contribution in [3.8, 4) is 0 Å². The van der Waals surface area contributed by atoms with Crippen molar-refractivity contribution >= 4 is 12.1 Å². The quantitative estimate of drug-likeness (QED) is 0.0747. The first-order chi connectivity index (χ1) is 22.7. The van der Waals surface area contributed by atoms with E-state index in [-0.39, 0.29) is 55.3 Å². The molecule has 3 aliphatic rings. The van der Waals surface area contributed by atoms with Crippen molar-refractivity contribution in [3.05, 3.63) is 36.0 Å². The van der Waals surface area contributed by atoms with Crippen LogP contribution in [0.1, 0.15) is 80.1 Å². The number of esters is 1. The molecule has 0 aromatic heterocycles. The van der Waals surface area contributed by atoms with E-state index in [9.17, 15) is 24.9 Å². The molecule has 0 aliphatic carbocycles. The standard InChI is InChI=1S/C37H63N3O8/c1-8-30(42)28(5)35-31(46-35)23-25(2)11-9-12-26(3)34-27(4)13-14-32(37(6,45)16-15-29(41)24-33(43)48-34)47-36(44)38-17-10-18-40-21-19-39(7)20-22-40/h9,11-14,25,27-32,34-35,41-42,45H,8,10,15-24H2,1-7H3,(H,38,44)/b11-9+,14-13+,26-12+. The summed E-state index contributed by atoms with van der Waals surface area (Å²) >= 11 is 0. The number of rotatable bonds is 13. The molecule has 0 saturated carbocycles. The van der Waals surface area contributed by atoms with Crippen LogP contribution in [0.2, 0.25) is 0 Å². The normalized spacial score (nSPS) is 34.0. The van der Waals surface area contributed by atoms with Crippen LogP contribution in [0.25, 0.3) is 0 Å². The summed E-state index contributed by atoms with van der Waals surface area (Å²) in [6, 6.07) is 0. The number of nitrogens with one attached hydrogen (secondary N) is 1. The Morgan fingerprint density at radius 3 is 2.62 bits per heavy atom. The number of aliphatic hydroxyl groups is 3. The smallest absolute Gasteiger partial charge is 0.407 e. The molecule has 0 bridgehead atoms. The first-order valence-electron chi connectivity index (χ1n) is 18.0. The molecule has 48 heavy (non-hydrogen) atoms. The predicted molar refractivity (Wildman–Crippen MR) is 186 cm³/mol. The van der Waals surface area contributed by atoms with Crippen LogP contribution in [0.15, 0.2) is 36.0 Å². The molecular formula is C37H63N3O8. The van der Waals surface area contributed by atoms with Crippen molar-refractivity contribution in [3.63, 3.8) is 0 Å². The fraction of sp³-hybridized carbons (Fsp3) is 0.784. The number of carbonyl (C=O) groups is 2. The number of nitrogens with zero attached hydrogens (tertiary/aromatic N) is 2. The topological polar surface area (TPSA) is 144 Å². The van der Waals surface area contributed by atoms with E-state index in [1.54, 1.807) is 13.0 Å². The van der Waals surface area contributed by atoms with Gasteiger partial charge in [-0.2, -0.15) is 0 Å². The molecule has 2 saturated heterocycles. The highest BCUT2D eigenvalue weighted by Crippen LogP contribution is 2.36. The molecule has 11 heteroatoms. The molecule has 4 N–H and O–H groups in total. The van der Waals surface area contributed by atoms with Gasteiger partial charge in [0.05, 0.1) is 30.8 Å². The number of cyclic esters (lactones) is 1. The van der Waals surface area contributed by atoms with E-state index in [0.29, 0.717) is 13.0 Å². The molecule has 2 fully saturated rings. The van der Waals surface area contributed by atoms with Crippen molar-refractivity contribution in [1.82, 2.24) is 15.1 Å². The van der Waals surface area contributed by atoms with Crippen LogP contribution in [0, 0.1) is 17.8 Å². The first-order valence-corrected chi connectivity index (χ1v) is 18.0. The van der Waals surface area contributed by atoms with Gasteiger partial charge in [0.2, 0.25) is 0 Å². The van der Waals surface area contributed by atoms with Crippen LogP contribution in [0.4, 0.5) is 4.79 Å². The van der Waals surface area contributed by atoms with E-state index in [2.05, 4.69) is 35.2 Å². The molecule has 10 atom stereocenters. The molecule has 0 aromatic carbocycles. The number of carbonyl (C=O) groups excluding carboxylic acids is 2. The van der Waals surface area contributed by atoms with Gasteiger partial charge in [-0.1, -0.05) is 52.0 Å². The molecular weight excluding hydrogens is 614 g/mol. The third-order valence-corrected chi connectivity index (χ3v) is 10.1. The summed E-state index contributed by atoms with van der Waals surface area (Å²) in [5.74, 6) is -0.461. The molecule has 0 spiro atoms. The van der Waals surface area contributed by atoms with Gasteiger partial charge in [-0.25, -0.2) is 4.79 Å². The highest BCUT2D eigenvalue weighted by Gasteiger charge is 2.45. The van der Waals surface area contributed by atoms with E-state index in [4.69, 9.17) is 14.2 Å². The van der Waals surface area contributed by atoms with Gasteiger partial charge in [-0.05, 0) is 77.1 Å². The van der Waals surface area contributed by atoms with Crippen molar-refractivity contribution in [2.24, 2.45) is 17.8 Å². The average molecular weight is 678 g/mol. The largest absolute Gasteiger partial charge is 0.457 e. The second-order valence-electron chi connectivity index (χ2n) is 14.6. The summed E-state index contributed by atoms with van der Waals surface area (Å²) < 4.78 is 17.5. The number of hydrogen-bond acceptors (Lipinski definition) is 10. The third kappa shape index (κ3) is 13.2. The Balaban J connectivity index is 1.62. The lowest BCUT2D eigenvalue weighted by molar-refractivity contribution is -0.151. The summed E-state index contributed by atoms with van der Waals surface area (Å²) in [7, 11) is 2.12. The predicted octanol–water partition coefficient (Wildman–Crippen LogP) is 3.82. The van der Waals surface area contributed by atoms with E-state index in [1.165, 1.54) is 0 Å². The summed E-state index contributed by atoms with van der Waals surface area (Å²) in [5.41, 5.74) is -0.647. The second-order valence-corrected chi connectivity index (χ2v) is 14.6. The van der Waals surface area contributed by atoms with Crippen molar-refractivity contribution < 1.29 is 39.1 Å². The van der Waals surface area contributed by atoms with Gasteiger partial charge in [0.1, 0.15) is 11.7 Å². The Morgan fingerprint density at radius 2 is 1.94 bits per heavy atom. The van der Waals surface area contributed by atoms with E-state index >= 15 is 0 Å². The number of aliphatic hydroxyl groups excluding tert-OH is 2. The number of ether oxygens (including phenoxy) is 3. The van der Waals surface area contributed by atoms with Crippen molar-refractivity contribution in [2.75, 3.05) is 46.3 Å². The molecule has 0 aromatic rings. The van der Waals surface area contributed by atoms with Gasteiger partial charge in [0, 0.05) is 44.6 Å². The number of likely N-dealkylation sites (N-methyl/N-ethyl adjacent to an activating group) is 1. The summed E-state index contributed by atoms with van der Waals surface area (Å²) in [6.07, 6.45) is 8.56. The zero-order valence-electron chi connectivity index (χ0n) is 30.3. The fourth-order valence-corrected chi connectivity index (χ4v) is 6.51. The number of piperazine rings is 1. The SMILES string of the molecule is CCC(O)C(C)C1OC1CC(C)/C=C/C=C(\C)C1OC(=O)CC(O)CCC(C)(O)C(OC(=O)NCCCN2CCN(C)CC2)/C=C/C1C. The lowest BCUT2D eigenvalue weighted by Gasteiger charge is -2.33. The van der Waals surface area contributed by atoms with Gasteiger partial charge in [0.25, 0.3) is 0 Å². The Kier molecular flexibility index (Phi) is 16.1. The number of epoxide rings is 1. The van der Waals surface area contributed by atoms with Gasteiger partial charge < -0.3 is 44.6 Å². The van der Waals surface area contributed by atoms with Crippen LogP contribution < -0.4 is 5.32 Å². The molecule has 0 radical (unpaired) electrons. The number of alkyl carbamates (subject to hydrolysis) is 1. The lowest BCUT2D eigenvalue weighted by Crippen LogP contribution is -2.46. The highest BCUT2D eigenvalue weighted by molar-refractivity contribution is 5.70. The molecule has 3 rings (SSSR count). The van der Waals surface area contributed by atoms with Crippen LogP contribution in [-0.4, -0.2) is 126 Å². The fourth-order valence-electron chi connectivity index (χ4n) is 6.51. The van der Waals surface area contributed by atoms with Crippen LogP contribution in [0.5, 0.6) is 0 Å².